The highest BCUT2D eigenvalue weighted by molar-refractivity contribution is 5.35. The molecule has 2 aromatic rings. The van der Waals surface area contributed by atoms with E-state index >= 15 is 0 Å². The van der Waals surface area contributed by atoms with Gasteiger partial charge in [0.15, 0.2) is 0 Å². The Morgan fingerprint density at radius 1 is 1.09 bits per heavy atom. The van der Waals surface area contributed by atoms with E-state index in [1.165, 1.54) is 5.56 Å². The Balaban J connectivity index is 1.96. The molecule has 0 aliphatic heterocycles. The van der Waals surface area contributed by atoms with Gasteiger partial charge in [0.25, 0.3) is 0 Å². The Bertz CT molecular complexity index is 601. The molecule has 0 aromatic heterocycles. The number of para-hydroxylation sites is 1. The molecule has 0 heterocycles. The number of aliphatic hydroxyl groups is 1. The second-order valence-electron chi connectivity index (χ2n) is 5.48. The zero-order valence-corrected chi connectivity index (χ0v) is 13.8. The highest BCUT2D eigenvalue weighted by atomic mass is 16.5. The van der Waals surface area contributed by atoms with Crippen LogP contribution in [0.15, 0.2) is 48.5 Å². The van der Waals surface area contributed by atoms with Crippen molar-refractivity contribution in [2.75, 3.05) is 27.3 Å². The van der Waals surface area contributed by atoms with Gasteiger partial charge in [-0.15, -0.1) is 0 Å². The van der Waals surface area contributed by atoms with Crippen molar-refractivity contribution in [2.24, 2.45) is 0 Å². The SMILES string of the molecule is CNC[C@@H](O)COc1ccccc1CCc1cccc(OC)c1. The second kappa shape index (κ2) is 9.18. The fourth-order valence-electron chi connectivity index (χ4n) is 2.44. The number of hydrogen-bond acceptors (Lipinski definition) is 4. The van der Waals surface area contributed by atoms with E-state index in [4.69, 9.17) is 9.47 Å². The Morgan fingerprint density at radius 2 is 1.91 bits per heavy atom. The van der Waals surface area contributed by atoms with E-state index < -0.39 is 6.10 Å². The van der Waals surface area contributed by atoms with Crippen molar-refractivity contribution in [3.05, 3.63) is 59.7 Å². The lowest BCUT2D eigenvalue weighted by Crippen LogP contribution is -2.29. The first kappa shape index (κ1) is 17.3. The monoisotopic (exact) mass is 315 g/mol. The van der Waals surface area contributed by atoms with Crippen molar-refractivity contribution in [3.63, 3.8) is 0 Å². The van der Waals surface area contributed by atoms with Gasteiger partial charge >= 0.3 is 0 Å². The van der Waals surface area contributed by atoms with Gasteiger partial charge in [0.05, 0.1) is 7.11 Å². The molecule has 0 saturated heterocycles. The molecule has 2 aromatic carbocycles. The number of ether oxygens (including phenoxy) is 2. The van der Waals surface area contributed by atoms with E-state index in [0.717, 1.165) is 29.9 Å². The number of benzene rings is 2. The van der Waals surface area contributed by atoms with E-state index in [0.29, 0.717) is 6.54 Å². The lowest BCUT2D eigenvalue weighted by Gasteiger charge is -2.15. The molecule has 0 aliphatic rings. The number of rotatable bonds is 9. The summed E-state index contributed by atoms with van der Waals surface area (Å²) in [5, 5.41) is 12.7. The van der Waals surface area contributed by atoms with Gasteiger partial charge in [-0.3, -0.25) is 0 Å². The molecule has 0 unspecified atom stereocenters. The van der Waals surface area contributed by atoms with Crippen LogP contribution in [0, 0.1) is 0 Å². The Labute approximate surface area is 138 Å². The fraction of sp³-hybridized carbons (Fsp3) is 0.368. The highest BCUT2D eigenvalue weighted by Crippen LogP contribution is 2.21. The Kier molecular flexibility index (Phi) is 6.91. The van der Waals surface area contributed by atoms with Crippen LogP contribution in [0.4, 0.5) is 0 Å². The van der Waals surface area contributed by atoms with Gasteiger partial charge in [0.1, 0.15) is 24.2 Å². The van der Waals surface area contributed by atoms with Crippen LogP contribution >= 0.6 is 0 Å². The van der Waals surface area contributed by atoms with E-state index in [1.807, 2.05) is 37.4 Å². The lowest BCUT2D eigenvalue weighted by molar-refractivity contribution is 0.107. The maximum absolute atomic E-state index is 9.77. The standard InChI is InChI=1S/C19H25NO3/c1-20-13-17(21)14-23-19-9-4-3-7-16(19)11-10-15-6-5-8-18(12-15)22-2/h3-9,12,17,20-21H,10-11,13-14H2,1-2H3/t17-/m1/s1. The zero-order chi connectivity index (χ0) is 16.5. The summed E-state index contributed by atoms with van der Waals surface area (Å²) in [6, 6.07) is 16.1. The molecular formula is C19H25NO3. The van der Waals surface area contributed by atoms with Crippen molar-refractivity contribution >= 4 is 0 Å². The normalized spacial score (nSPS) is 12.0. The fourth-order valence-corrected chi connectivity index (χ4v) is 2.44. The van der Waals surface area contributed by atoms with Crippen LogP contribution in [0.3, 0.4) is 0 Å². The largest absolute Gasteiger partial charge is 0.497 e. The van der Waals surface area contributed by atoms with Crippen LogP contribution < -0.4 is 14.8 Å². The molecule has 2 rings (SSSR count). The lowest BCUT2D eigenvalue weighted by atomic mass is 10.0. The van der Waals surface area contributed by atoms with Crippen LogP contribution in [-0.2, 0) is 12.8 Å². The molecule has 0 spiro atoms. The number of hydrogen-bond donors (Lipinski definition) is 2. The van der Waals surface area contributed by atoms with E-state index in [1.54, 1.807) is 7.11 Å². The molecule has 0 aliphatic carbocycles. The highest BCUT2D eigenvalue weighted by Gasteiger charge is 2.07. The molecule has 0 radical (unpaired) electrons. The zero-order valence-electron chi connectivity index (χ0n) is 13.8. The van der Waals surface area contributed by atoms with E-state index in [-0.39, 0.29) is 6.61 Å². The van der Waals surface area contributed by atoms with Crippen LogP contribution in [0.2, 0.25) is 0 Å². The molecule has 23 heavy (non-hydrogen) atoms. The molecule has 0 amide bonds. The predicted molar refractivity (Wildman–Crippen MR) is 92.3 cm³/mol. The second-order valence-corrected chi connectivity index (χ2v) is 5.48. The summed E-state index contributed by atoms with van der Waals surface area (Å²) in [7, 11) is 3.49. The summed E-state index contributed by atoms with van der Waals surface area (Å²) >= 11 is 0. The van der Waals surface area contributed by atoms with Gasteiger partial charge < -0.3 is 19.9 Å². The quantitative estimate of drug-likeness (QED) is 0.746. The molecule has 4 nitrogen and oxygen atoms in total. The van der Waals surface area contributed by atoms with Gasteiger partial charge in [-0.2, -0.15) is 0 Å². The van der Waals surface area contributed by atoms with Crippen molar-refractivity contribution in [1.82, 2.24) is 5.32 Å². The van der Waals surface area contributed by atoms with Gasteiger partial charge in [-0.05, 0) is 49.2 Å². The third-order valence-corrected chi connectivity index (χ3v) is 3.66. The van der Waals surface area contributed by atoms with E-state index in [2.05, 4.69) is 23.5 Å². The topological polar surface area (TPSA) is 50.7 Å². The van der Waals surface area contributed by atoms with Gasteiger partial charge in [-0.25, -0.2) is 0 Å². The Hall–Kier alpha value is -2.04. The number of likely N-dealkylation sites (N-methyl/N-ethyl adjacent to an activating group) is 1. The summed E-state index contributed by atoms with van der Waals surface area (Å²) in [5.74, 6) is 1.72. The van der Waals surface area contributed by atoms with Gasteiger partial charge in [-0.1, -0.05) is 30.3 Å². The minimum atomic E-state index is -0.508. The summed E-state index contributed by atoms with van der Waals surface area (Å²) in [6.07, 6.45) is 1.29. The molecule has 2 N–H and O–H groups in total. The van der Waals surface area contributed by atoms with Crippen molar-refractivity contribution < 1.29 is 14.6 Å². The smallest absolute Gasteiger partial charge is 0.122 e. The summed E-state index contributed by atoms with van der Waals surface area (Å²) in [6.45, 7) is 0.809. The van der Waals surface area contributed by atoms with Crippen LogP contribution in [0.1, 0.15) is 11.1 Å². The molecule has 0 fully saturated rings. The predicted octanol–water partition coefficient (Wildman–Crippen LogP) is 2.44. The first-order chi connectivity index (χ1) is 11.2. The average molecular weight is 315 g/mol. The van der Waals surface area contributed by atoms with Gasteiger partial charge in [0, 0.05) is 6.54 Å². The molecule has 124 valence electrons. The third-order valence-electron chi connectivity index (χ3n) is 3.66. The maximum Gasteiger partial charge on any atom is 0.122 e. The molecular weight excluding hydrogens is 290 g/mol. The number of nitrogens with one attached hydrogen (secondary N) is 1. The number of methoxy groups -OCH3 is 1. The van der Waals surface area contributed by atoms with Crippen LogP contribution in [0.25, 0.3) is 0 Å². The first-order valence-corrected chi connectivity index (χ1v) is 7.89. The number of aliphatic hydroxyl groups excluding tert-OH is 1. The maximum atomic E-state index is 9.77. The first-order valence-electron chi connectivity index (χ1n) is 7.89. The van der Waals surface area contributed by atoms with Crippen LogP contribution in [0.5, 0.6) is 11.5 Å². The van der Waals surface area contributed by atoms with Crippen molar-refractivity contribution in [2.45, 2.75) is 18.9 Å². The van der Waals surface area contributed by atoms with Crippen LogP contribution in [-0.4, -0.2) is 38.5 Å². The average Bonchev–Trinajstić information content (AvgIpc) is 2.59. The third kappa shape index (κ3) is 5.58. The van der Waals surface area contributed by atoms with Gasteiger partial charge in [0.2, 0.25) is 0 Å². The molecule has 0 bridgehead atoms. The van der Waals surface area contributed by atoms with E-state index in [9.17, 15) is 5.11 Å². The molecule has 0 saturated carbocycles. The summed E-state index contributed by atoms with van der Waals surface area (Å²) in [5.41, 5.74) is 2.38. The molecule has 4 heteroatoms. The summed E-state index contributed by atoms with van der Waals surface area (Å²) in [4.78, 5) is 0. The number of aryl methyl sites for hydroxylation is 2. The summed E-state index contributed by atoms with van der Waals surface area (Å²) < 4.78 is 11.0. The minimum Gasteiger partial charge on any atom is -0.497 e. The minimum absolute atomic E-state index is 0.289. The van der Waals surface area contributed by atoms with Crippen molar-refractivity contribution in [1.29, 1.82) is 0 Å². The Morgan fingerprint density at radius 3 is 2.70 bits per heavy atom. The molecule has 1 atom stereocenters. The van der Waals surface area contributed by atoms with Crippen molar-refractivity contribution in [3.8, 4) is 11.5 Å².